The minimum atomic E-state index is -0.384. The van der Waals surface area contributed by atoms with Gasteiger partial charge in [0, 0.05) is 57.1 Å². The first kappa shape index (κ1) is 23.4. The van der Waals surface area contributed by atoms with Crippen molar-refractivity contribution in [2.24, 2.45) is 4.99 Å². The van der Waals surface area contributed by atoms with Crippen molar-refractivity contribution >= 4 is 17.6 Å². The fourth-order valence-corrected chi connectivity index (χ4v) is 5.17. The van der Waals surface area contributed by atoms with Crippen molar-refractivity contribution in [3.63, 3.8) is 0 Å². The van der Waals surface area contributed by atoms with E-state index in [2.05, 4.69) is 71.5 Å². The standard InChI is InChI=1S/C29H35N5O/c1-22-8-7-11-26(20-22)34-28(35)27(21-25-9-5-4-6-10-25)30-29(34)32-17-14-31(15-18-32)16-19-33-23(2)12-13-24(33)3/h4-13,20,27H,14-19,21H2,1-3H3. The SMILES string of the molecule is Cc1cccc(N2C(=O)C(Cc3ccccc3)N=C2N2CCN(CCn3c(C)ccc3C)CC2)c1. The third-order valence-corrected chi connectivity index (χ3v) is 7.22. The molecule has 0 N–H and O–H groups in total. The van der Waals surface area contributed by atoms with Crippen LogP contribution in [-0.4, -0.2) is 65.0 Å². The molecule has 1 unspecified atom stereocenters. The lowest BCUT2D eigenvalue weighted by atomic mass is 10.1. The smallest absolute Gasteiger partial charge is 0.259 e. The summed E-state index contributed by atoms with van der Waals surface area (Å²) < 4.78 is 2.39. The molecule has 1 fully saturated rings. The molecule has 0 spiro atoms. The number of rotatable bonds is 6. The van der Waals surface area contributed by atoms with E-state index in [4.69, 9.17) is 4.99 Å². The zero-order valence-corrected chi connectivity index (χ0v) is 21.0. The van der Waals surface area contributed by atoms with Gasteiger partial charge in [-0.15, -0.1) is 0 Å². The van der Waals surface area contributed by atoms with Gasteiger partial charge in [0.2, 0.25) is 5.96 Å². The third kappa shape index (κ3) is 5.03. The van der Waals surface area contributed by atoms with Gasteiger partial charge in [0.05, 0.1) is 5.69 Å². The van der Waals surface area contributed by atoms with E-state index in [0.29, 0.717) is 6.42 Å². The monoisotopic (exact) mass is 469 g/mol. The Hall–Kier alpha value is -3.38. The summed E-state index contributed by atoms with van der Waals surface area (Å²) in [6.45, 7) is 12.1. The molecule has 2 aliphatic rings. The van der Waals surface area contributed by atoms with E-state index in [1.54, 1.807) is 0 Å². The van der Waals surface area contributed by atoms with Gasteiger partial charge in [-0.05, 0) is 56.2 Å². The zero-order chi connectivity index (χ0) is 24.4. The minimum Gasteiger partial charge on any atom is -0.348 e. The second-order valence-corrected chi connectivity index (χ2v) is 9.74. The predicted octanol–water partition coefficient (Wildman–Crippen LogP) is 4.05. The molecule has 182 valence electrons. The first-order chi connectivity index (χ1) is 17.0. The predicted molar refractivity (Wildman–Crippen MR) is 142 cm³/mol. The second kappa shape index (κ2) is 10.1. The highest BCUT2D eigenvalue weighted by Gasteiger charge is 2.39. The van der Waals surface area contributed by atoms with Crippen LogP contribution in [0.25, 0.3) is 0 Å². The number of aromatic nitrogens is 1. The van der Waals surface area contributed by atoms with Gasteiger partial charge in [-0.3, -0.25) is 9.69 Å². The molecule has 0 aliphatic carbocycles. The van der Waals surface area contributed by atoms with Crippen LogP contribution in [0.4, 0.5) is 5.69 Å². The molecule has 0 bridgehead atoms. The third-order valence-electron chi connectivity index (χ3n) is 7.22. The summed E-state index contributed by atoms with van der Waals surface area (Å²) in [5, 5.41) is 0. The van der Waals surface area contributed by atoms with Gasteiger partial charge < -0.3 is 9.47 Å². The molecule has 1 aromatic heterocycles. The van der Waals surface area contributed by atoms with Crippen LogP contribution in [0.1, 0.15) is 22.5 Å². The Morgan fingerprint density at radius 1 is 0.829 bits per heavy atom. The van der Waals surface area contributed by atoms with Crippen molar-refractivity contribution in [2.45, 2.75) is 39.8 Å². The number of benzene rings is 2. The van der Waals surface area contributed by atoms with Gasteiger partial charge in [-0.25, -0.2) is 9.89 Å². The molecule has 2 aromatic carbocycles. The zero-order valence-electron chi connectivity index (χ0n) is 21.0. The summed E-state index contributed by atoms with van der Waals surface area (Å²) in [5.74, 6) is 0.869. The van der Waals surface area contributed by atoms with Crippen LogP contribution in [0.15, 0.2) is 71.7 Å². The fourth-order valence-electron chi connectivity index (χ4n) is 5.17. The molecule has 6 nitrogen and oxygen atoms in total. The molecule has 0 saturated carbocycles. The Morgan fingerprint density at radius 2 is 1.54 bits per heavy atom. The molecule has 35 heavy (non-hydrogen) atoms. The van der Waals surface area contributed by atoms with E-state index in [0.717, 1.165) is 62.0 Å². The number of carbonyl (C=O) groups is 1. The topological polar surface area (TPSA) is 44.1 Å². The number of hydrogen-bond donors (Lipinski definition) is 0. The molecular weight excluding hydrogens is 434 g/mol. The number of carbonyl (C=O) groups excluding carboxylic acids is 1. The van der Waals surface area contributed by atoms with Crippen LogP contribution in [0.5, 0.6) is 0 Å². The van der Waals surface area contributed by atoms with Crippen LogP contribution in [0.2, 0.25) is 0 Å². The van der Waals surface area contributed by atoms with Crippen molar-refractivity contribution in [3.8, 4) is 0 Å². The largest absolute Gasteiger partial charge is 0.348 e. The van der Waals surface area contributed by atoms with Gasteiger partial charge in [-0.1, -0.05) is 42.5 Å². The Kier molecular flexibility index (Phi) is 6.73. The van der Waals surface area contributed by atoms with E-state index in [1.165, 1.54) is 11.4 Å². The van der Waals surface area contributed by atoms with Gasteiger partial charge in [-0.2, -0.15) is 0 Å². The maximum absolute atomic E-state index is 13.6. The van der Waals surface area contributed by atoms with E-state index in [-0.39, 0.29) is 11.9 Å². The van der Waals surface area contributed by atoms with Crippen molar-refractivity contribution in [1.29, 1.82) is 0 Å². The molecule has 6 heteroatoms. The van der Waals surface area contributed by atoms with Crippen LogP contribution in [0, 0.1) is 20.8 Å². The average molecular weight is 470 g/mol. The molecular formula is C29H35N5O. The van der Waals surface area contributed by atoms with E-state index < -0.39 is 0 Å². The van der Waals surface area contributed by atoms with Crippen LogP contribution >= 0.6 is 0 Å². The number of anilines is 1. The van der Waals surface area contributed by atoms with Crippen molar-refractivity contribution < 1.29 is 4.79 Å². The van der Waals surface area contributed by atoms with Crippen LogP contribution in [-0.2, 0) is 17.8 Å². The number of nitrogens with zero attached hydrogens (tertiary/aromatic N) is 5. The van der Waals surface area contributed by atoms with Gasteiger partial charge >= 0.3 is 0 Å². The highest BCUT2D eigenvalue weighted by atomic mass is 16.2. The lowest BCUT2D eigenvalue weighted by molar-refractivity contribution is -0.118. The number of aliphatic imine (C=N–C) groups is 1. The lowest BCUT2D eigenvalue weighted by Gasteiger charge is -2.37. The maximum atomic E-state index is 13.6. The Bertz CT molecular complexity index is 1190. The molecule has 3 heterocycles. The molecule has 1 amide bonds. The lowest BCUT2D eigenvalue weighted by Crippen LogP contribution is -2.53. The molecule has 1 atom stereocenters. The summed E-state index contributed by atoms with van der Waals surface area (Å²) in [4.78, 5) is 25.3. The second-order valence-electron chi connectivity index (χ2n) is 9.74. The summed E-state index contributed by atoms with van der Waals surface area (Å²) in [6, 6.07) is 22.4. The van der Waals surface area contributed by atoms with Crippen LogP contribution < -0.4 is 4.90 Å². The average Bonchev–Trinajstić information content (AvgIpc) is 3.36. The Morgan fingerprint density at radius 3 is 2.23 bits per heavy atom. The van der Waals surface area contributed by atoms with Crippen molar-refractivity contribution in [3.05, 3.63) is 89.2 Å². The Labute approximate surface area is 208 Å². The first-order valence-corrected chi connectivity index (χ1v) is 12.6. The van der Waals surface area contributed by atoms with Crippen LogP contribution in [0.3, 0.4) is 0 Å². The minimum absolute atomic E-state index is 0.0652. The number of hydrogen-bond acceptors (Lipinski definition) is 4. The quantitative estimate of drug-likeness (QED) is 0.547. The fraction of sp³-hybridized carbons (Fsp3) is 0.379. The number of aryl methyl sites for hydroxylation is 3. The Balaban J connectivity index is 1.31. The molecule has 3 aromatic rings. The van der Waals surface area contributed by atoms with Gasteiger partial charge in [0.1, 0.15) is 6.04 Å². The number of guanidine groups is 1. The summed E-state index contributed by atoms with van der Waals surface area (Å²) >= 11 is 0. The van der Waals surface area contributed by atoms with E-state index >= 15 is 0 Å². The molecule has 0 radical (unpaired) electrons. The summed E-state index contributed by atoms with van der Waals surface area (Å²) in [7, 11) is 0. The van der Waals surface area contributed by atoms with Gasteiger partial charge in [0.15, 0.2) is 0 Å². The summed E-state index contributed by atoms with van der Waals surface area (Å²) in [6.07, 6.45) is 0.626. The van der Waals surface area contributed by atoms with E-state index in [1.807, 2.05) is 35.2 Å². The highest BCUT2D eigenvalue weighted by molar-refractivity contribution is 6.22. The highest BCUT2D eigenvalue weighted by Crippen LogP contribution is 2.26. The molecule has 5 rings (SSSR count). The normalized spacial score (nSPS) is 18.9. The van der Waals surface area contributed by atoms with Gasteiger partial charge in [0.25, 0.3) is 5.91 Å². The maximum Gasteiger partial charge on any atom is 0.259 e. The molecule has 1 saturated heterocycles. The van der Waals surface area contributed by atoms with E-state index in [9.17, 15) is 4.79 Å². The number of piperazine rings is 1. The first-order valence-electron chi connectivity index (χ1n) is 12.6. The molecule has 2 aliphatic heterocycles. The van der Waals surface area contributed by atoms with Crippen molar-refractivity contribution in [1.82, 2.24) is 14.4 Å². The number of amides is 1. The summed E-state index contributed by atoms with van der Waals surface area (Å²) in [5.41, 5.74) is 5.82. The van der Waals surface area contributed by atoms with Crippen molar-refractivity contribution in [2.75, 3.05) is 37.6 Å².